The van der Waals surface area contributed by atoms with Crippen LogP contribution in [0.15, 0.2) is 48.7 Å². The van der Waals surface area contributed by atoms with Crippen molar-refractivity contribution in [2.24, 2.45) is 11.8 Å². The first-order valence-electron chi connectivity index (χ1n) is 18.0. The SMILES string of the molecule is CS(=O)(=O)N1CCC(C2CCN(C(=O)C(Cc3ccc4[nH]ncc4c3)NC(=O)N3CCC(N4CCc5ccccc5NC4=O)CC3)CC2)CC1. The number of nitrogens with zero attached hydrogens (tertiary/aromatic N) is 5. The van der Waals surface area contributed by atoms with Gasteiger partial charge in [-0.25, -0.2) is 22.3 Å². The van der Waals surface area contributed by atoms with E-state index in [4.69, 9.17) is 0 Å². The number of rotatable bonds is 7. The Morgan fingerprint density at radius 1 is 0.900 bits per heavy atom. The van der Waals surface area contributed by atoms with Gasteiger partial charge >= 0.3 is 12.1 Å². The molecular weight excluding hydrogens is 657 g/mol. The maximum absolute atomic E-state index is 14.1. The number of hydrogen-bond acceptors (Lipinski definition) is 6. The van der Waals surface area contributed by atoms with Crippen molar-refractivity contribution in [3.8, 4) is 0 Å². The summed E-state index contributed by atoms with van der Waals surface area (Å²) in [6, 6.07) is 12.8. The van der Waals surface area contributed by atoms with E-state index in [1.165, 1.54) is 6.26 Å². The van der Waals surface area contributed by atoms with Crippen molar-refractivity contribution in [3.05, 3.63) is 59.8 Å². The second-order valence-corrected chi connectivity index (χ2v) is 16.4. The van der Waals surface area contributed by atoms with Gasteiger partial charge in [0.15, 0.2) is 0 Å². The summed E-state index contributed by atoms with van der Waals surface area (Å²) in [5, 5.41) is 14.2. The Labute approximate surface area is 293 Å². The quantitative estimate of drug-likeness (QED) is 0.342. The van der Waals surface area contributed by atoms with Gasteiger partial charge in [-0.1, -0.05) is 24.3 Å². The number of carbonyl (C=O) groups excluding carboxylic acids is 3. The maximum Gasteiger partial charge on any atom is 0.322 e. The van der Waals surface area contributed by atoms with E-state index < -0.39 is 16.1 Å². The number of likely N-dealkylation sites (tertiary alicyclic amines) is 2. The number of hydrogen-bond donors (Lipinski definition) is 3. The van der Waals surface area contributed by atoms with E-state index in [0.29, 0.717) is 76.9 Å². The smallest absolute Gasteiger partial charge is 0.322 e. The van der Waals surface area contributed by atoms with Crippen molar-refractivity contribution < 1.29 is 22.8 Å². The summed E-state index contributed by atoms with van der Waals surface area (Å²) in [6.07, 6.45) is 8.97. The fourth-order valence-electron chi connectivity index (χ4n) is 8.40. The zero-order valence-corrected chi connectivity index (χ0v) is 29.5. The van der Waals surface area contributed by atoms with E-state index >= 15 is 0 Å². The number of aromatic amines is 1. The lowest BCUT2D eigenvalue weighted by molar-refractivity contribution is -0.135. The predicted molar refractivity (Wildman–Crippen MR) is 191 cm³/mol. The van der Waals surface area contributed by atoms with Crippen molar-refractivity contribution in [2.75, 3.05) is 57.4 Å². The van der Waals surface area contributed by atoms with Crippen molar-refractivity contribution in [2.45, 2.75) is 63.5 Å². The number of amides is 5. The molecule has 2 aromatic carbocycles. The number of piperidine rings is 3. The topological polar surface area (TPSA) is 151 Å². The van der Waals surface area contributed by atoms with Gasteiger partial charge in [0.1, 0.15) is 6.04 Å². The number of fused-ring (bicyclic) bond motifs is 2. The fourth-order valence-corrected chi connectivity index (χ4v) is 9.28. The normalized spacial score (nSPS) is 21.1. The Balaban J connectivity index is 0.971. The standard InChI is InChI=1S/C36H48N8O5S/c1-50(48,49)43-19-10-27(11-20-43)26-8-15-41(16-9-26)34(45)33(23-25-6-7-32-29(22-25)24-37-40-32)39-35(46)42-17-13-30(14-18-42)44-21-12-28-4-2-3-5-31(28)38-36(44)47/h2-7,22,24,26-27,30,33H,8-21,23H2,1H3,(H,37,40)(H,38,47)(H,39,46). The van der Waals surface area contributed by atoms with Crippen LogP contribution in [0.5, 0.6) is 0 Å². The molecule has 0 aliphatic carbocycles. The Kier molecular flexibility index (Phi) is 10.0. The highest BCUT2D eigenvalue weighted by atomic mass is 32.2. The van der Waals surface area contributed by atoms with Crippen LogP contribution in [-0.4, -0.2) is 120 Å². The van der Waals surface area contributed by atoms with Crippen molar-refractivity contribution >= 4 is 44.6 Å². The molecule has 5 amide bonds. The number of para-hydroxylation sites is 1. The van der Waals surface area contributed by atoms with Gasteiger partial charge in [-0.3, -0.25) is 9.89 Å². The molecule has 0 saturated carbocycles. The predicted octanol–water partition coefficient (Wildman–Crippen LogP) is 3.65. The van der Waals surface area contributed by atoms with Crippen LogP contribution in [0.25, 0.3) is 10.9 Å². The van der Waals surface area contributed by atoms with Gasteiger partial charge in [-0.05, 0) is 86.1 Å². The minimum atomic E-state index is -3.16. The number of aromatic nitrogens is 2. The van der Waals surface area contributed by atoms with E-state index in [1.807, 2.05) is 52.3 Å². The van der Waals surface area contributed by atoms with Gasteiger partial charge in [0.2, 0.25) is 15.9 Å². The largest absolute Gasteiger partial charge is 0.341 e. The van der Waals surface area contributed by atoms with Crippen LogP contribution in [-0.2, 0) is 27.7 Å². The summed E-state index contributed by atoms with van der Waals surface area (Å²) in [5.74, 6) is 0.840. The second-order valence-electron chi connectivity index (χ2n) is 14.4. The third-order valence-electron chi connectivity index (χ3n) is 11.4. The zero-order chi connectivity index (χ0) is 34.8. The molecule has 1 atom stereocenters. The monoisotopic (exact) mass is 704 g/mol. The molecule has 0 spiro atoms. The molecule has 0 radical (unpaired) electrons. The number of carbonyl (C=O) groups is 3. The van der Waals surface area contributed by atoms with Crippen molar-refractivity contribution in [3.63, 3.8) is 0 Å². The summed E-state index contributed by atoms with van der Waals surface area (Å²) in [5.41, 5.74) is 3.84. The molecule has 0 bridgehead atoms. The van der Waals surface area contributed by atoms with Gasteiger partial charge < -0.3 is 25.3 Å². The minimum Gasteiger partial charge on any atom is -0.341 e. The Morgan fingerprint density at radius 3 is 2.30 bits per heavy atom. The fraction of sp³-hybridized carbons (Fsp3) is 0.556. The average Bonchev–Trinajstić information content (AvgIpc) is 3.53. The molecule has 4 aliphatic heterocycles. The third kappa shape index (κ3) is 7.60. The molecule has 1 unspecified atom stereocenters. The van der Waals surface area contributed by atoms with Crippen LogP contribution in [0.2, 0.25) is 0 Å². The highest BCUT2D eigenvalue weighted by Crippen LogP contribution is 2.33. The molecule has 3 fully saturated rings. The first-order chi connectivity index (χ1) is 24.1. The number of anilines is 1. The number of H-pyrrole nitrogens is 1. The van der Waals surface area contributed by atoms with E-state index in [2.05, 4.69) is 20.8 Å². The molecule has 7 rings (SSSR count). The molecule has 268 valence electrons. The third-order valence-corrected chi connectivity index (χ3v) is 12.7. The molecule has 1 aromatic heterocycles. The highest BCUT2D eigenvalue weighted by molar-refractivity contribution is 7.88. The molecule has 3 N–H and O–H groups in total. The molecule has 14 heteroatoms. The molecule has 50 heavy (non-hydrogen) atoms. The van der Waals surface area contributed by atoms with Gasteiger partial charge in [0.05, 0.1) is 18.0 Å². The van der Waals surface area contributed by atoms with Crippen LogP contribution in [0.1, 0.15) is 49.7 Å². The summed E-state index contributed by atoms with van der Waals surface area (Å²) in [7, 11) is -3.16. The maximum atomic E-state index is 14.1. The first-order valence-corrected chi connectivity index (χ1v) is 19.8. The van der Waals surface area contributed by atoms with Crippen LogP contribution < -0.4 is 10.6 Å². The summed E-state index contributed by atoms with van der Waals surface area (Å²) >= 11 is 0. The molecule has 3 aromatic rings. The van der Waals surface area contributed by atoms with E-state index in [-0.39, 0.29) is 24.0 Å². The zero-order valence-electron chi connectivity index (χ0n) is 28.7. The van der Waals surface area contributed by atoms with Gasteiger partial charge in [-0.2, -0.15) is 5.10 Å². The van der Waals surface area contributed by atoms with Crippen molar-refractivity contribution in [1.29, 1.82) is 0 Å². The average molecular weight is 705 g/mol. The number of benzene rings is 2. The number of sulfonamides is 1. The molecule has 3 saturated heterocycles. The summed E-state index contributed by atoms with van der Waals surface area (Å²) in [6.45, 7) is 4.00. The Bertz CT molecular complexity index is 1810. The Morgan fingerprint density at radius 2 is 1.58 bits per heavy atom. The number of urea groups is 2. The summed E-state index contributed by atoms with van der Waals surface area (Å²) in [4.78, 5) is 46.6. The van der Waals surface area contributed by atoms with Crippen LogP contribution in [0, 0.1) is 11.8 Å². The van der Waals surface area contributed by atoms with Crippen LogP contribution in [0.4, 0.5) is 15.3 Å². The number of nitrogens with one attached hydrogen (secondary N) is 3. The van der Waals surface area contributed by atoms with Crippen molar-refractivity contribution in [1.82, 2.24) is 34.5 Å². The molecule has 13 nitrogen and oxygen atoms in total. The minimum absolute atomic E-state index is 0.0346. The van der Waals surface area contributed by atoms with E-state index in [1.54, 1.807) is 15.4 Å². The Hall–Kier alpha value is -4.17. The van der Waals surface area contributed by atoms with Gasteiger partial charge in [0, 0.05) is 69.3 Å². The van der Waals surface area contributed by atoms with Gasteiger partial charge in [-0.15, -0.1) is 0 Å². The summed E-state index contributed by atoms with van der Waals surface area (Å²) < 4.78 is 25.5. The van der Waals surface area contributed by atoms with Crippen LogP contribution in [0.3, 0.4) is 0 Å². The molecule has 5 heterocycles. The lowest BCUT2D eigenvalue weighted by atomic mass is 9.79. The molecule has 4 aliphatic rings. The lowest BCUT2D eigenvalue weighted by Crippen LogP contribution is -2.57. The van der Waals surface area contributed by atoms with Gasteiger partial charge in [0.25, 0.3) is 0 Å². The first kappa shape index (κ1) is 34.3. The highest BCUT2D eigenvalue weighted by Gasteiger charge is 2.36. The van der Waals surface area contributed by atoms with E-state index in [0.717, 1.165) is 59.8 Å². The molecular formula is C36H48N8O5S. The van der Waals surface area contributed by atoms with E-state index in [9.17, 15) is 22.8 Å². The second kappa shape index (κ2) is 14.6. The lowest BCUT2D eigenvalue weighted by Gasteiger charge is -2.41. The van der Waals surface area contributed by atoms with Crippen LogP contribution >= 0.6 is 0 Å².